The van der Waals surface area contributed by atoms with Gasteiger partial charge in [0.15, 0.2) is 0 Å². The van der Waals surface area contributed by atoms with Crippen molar-refractivity contribution >= 4 is 27.7 Å². The molecule has 1 N–H and O–H groups in total. The molecule has 0 bridgehead atoms. The van der Waals surface area contributed by atoms with Crippen LogP contribution >= 0.6 is 11.8 Å². The van der Waals surface area contributed by atoms with Crippen molar-refractivity contribution in [3.63, 3.8) is 0 Å². The molecule has 0 atom stereocenters. The number of benzene rings is 1. The predicted molar refractivity (Wildman–Crippen MR) is 121 cm³/mol. The van der Waals surface area contributed by atoms with E-state index in [1.54, 1.807) is 12.1 Å². The molecule has 1 aliphatic heterocycles. The van der Waals surface area contributed by atoms with Gasteiger partial charge in [-0.2, -0.15) is 4.31 Å². The Labute approximate surface area is 188 Å². The lowest BCUT2D eigenvalue weighted by Gasteiger charge is -2.33. The van der Waals surface area contributed by atoms with Gasteiger partial charge in [0, 0.05) is 45.5 Å². The van der Waals surface area contributed by atoms with E-state index >= 15 is 0 Å². The standard InChI is InChI=1S/C22H28N4O3S2/c27-21(23-14-18-6-7-18)17-30-22-9-8-20(15-24-22)31(28,29)26-12-10-25(11-13-26)16-19-4-2-1-3-5-19/h1-5,8-9,15,18H,6-7,10-14,16-17H2,(H,23,27). The van der Waals surface area contributed by atoms with Gasteiger partial charge in [-0.3, -0.25) is 9.69 Å². The molecule has 0 unspecified atom stereocenters. The van der Waals surface area contributed by atoms with Crippen LogP contribution in [0.25, 0.3) is 0 Å². The van der Waals surface area contributed by atoms with E-state index in [9.17, 15) is 13.2 Å². The Hall–Kier alpha value is -1.94. The zero-order chi connectivity index (χ0) is 21.7. The van der Waals surface area contributed by atoms with Gasteiger partial charge in [-0.25, -0.2) is 13.4 Å². The van der Waals surface area contributed by atoms with Crippen molar-refractivity contribution in [1.82, 2.24) is 19.5 Å². The second-order valence-corrected chi connectivity index (χ2v) is 11.0. The van der Waals surface area contributed by atoms with Crippen molar-refractivity contribution < 1.29 is 13.2 Å². The Morgan fingerprint density at radius 3 is 2.45 bits per heavy atom. The summed E-state index contributed by atoms with van der Waals surface area (Å²) in [6, 6.07) is 13.5. The Bertz CT molecular complexity index is 972. The van der Waals surface area contributed by atoms with Gasteiger partial charge in [-0.1, -0.05) is 42.1 Å². The van der Waals surface area contributed by atoms with Crippen molar-refractivity contribution in [2.24, 2.45) is 5.92 Å². The molecule has 2 fully saturated rings. The summed E-state index contributed by atoms with van der Waals surface area (Å²) in [6.07, 6.45) is 3.80. The maximum atomic E-state index is 13.0. The van der Waals surface area contributed by atoms with E-state index in [4.69, 9.17) is 0 Å². The molecular weight excluding hydrogens is 432 g/mol. The summed E-state index contributed by atoms with van der Waals surface area (Å²) >= 11 is 1.32. The highest BCUT2D eigenvalue weighted by Crippen LogP contribution is 2.27. The summed E-state index contributed by atoms with van der Waals surface area (Å²) in [4.78, 5) is 18.6. The number of carbonyl (C=O) groups excluding carboxylic acids is 1. The van der Waals surface area contributed by atoms with Crippen molar-refractivity contribution in [3.8, 4) is 0 Å². The molecule has 4 rings (SSSR count). The third-order valence-corrected chi connectivity index (χ3v) is 8.39. The van der Waals surface area contributed by atoms with E-state index < -0.39 is 10.0 Å². The molecule has 1 aliphatic carbocycles. The molecule has 7 nitrogen and oxygen atoms in total. The SMILES string of the molecule is O=C(CSc1ccc(S(=O)(=O)N2CCN(Cc3ccccc3)CC2)cn1)NCC1CC1. The van der Waals surface area contributed by atoms with Gasteiger partial charge < -0.3 is 5.32 Å². The number of carbonyl (C=O) groups is 1. The number of amides is 1. The van der Waals surface area contributed by atoms with E-state index in [-0.39, 0.29) is 16.6 Å². The third-order valence-electron chi connectivity index (χ3n) is 5.56. The molecule has 1 saturated carbocycles. The van der Waals surface area contributed by atoms with Crippen LogP contribution in [-0.4, -0.2) is 67.0 Å². The number of hydrogen-bond acceptors (Lipinski definition) is 6. The van der Waals surface area contributed by atoms with Gasteiger partial charge in [0.25, 0.3) is 0 Å². The molecular formula is C22H28N4O3S2. The van der Waals surface area contributed by atoms with Gasteiger partial charge >= 0.3 is 0 Å². The minimum atomic E-state index is -3.56. The largest absolute Gasteiger partial charge is 0.355 e. The van der Waals surface area contributed by atoms with Crippen LogP contribution in [0.2, 0.25) is 0 Å². The highest BCUT2D eigenvalue weighted by molar-refractivity contribution is 7.99. The summed E-state index contributed by atoms with van der Waals surface area (Å²) in [6.45, 7) is 3.91. The van der Waals surface area contributed by atoms with E-state index in [1.165, 1.54) is 40.7 Å². The van der Waals surface area contributed by atoms with Crippen LogP contribution in [0.1, 0.15) is 18.4 Å². The second-order valence-electron chi connectivity index (χ2n) is 8.03. The highest BCUT2D eigenvalue weighted by atomic mass is 32.2. The average molecular weight is 461 g/mol. The molecule has 1 aromatic carbocycles. The summed E-state index contributed by atoms with van der Waals surface area (Å²) in [7, 11) is -3.56. The summed E-state index contributed by atoms with van der Waals surface area (Å²) in [5.41, 5.74) is 1.23. The molecule has 0 radical (unpaired) electrons. The fourth-order valence-corrected chi connectivity index (χ4v) is 5.53. The van der Waals surface area contributed by atoms with Crippen molar-refractivity contribution in [2.75, 3.05) is 38.5 Å². The normalized spacial score (nSPS) is 18.1. The molecule has 2 aliphatic rings. The number of nitrogens with one attached hydrogen (secondary N) is 1. The smallest absolute Gasteiger partial charge is 0.244 e. The topological polar surface area (TPSA) is 82.6 Å². The molecule has 166 valence electrons. The number of piperazine rings is 1. The van der Waals surface area contributed by atoms with Crippen LogP contribution < -0.4 is 5.32 Å². The summed E-state index contributed by atoms with van der Waals surface area (Å²) in [5, 5.41) is 3.56. The molecule has 1 aromatic heterocycles. The van der Waals surface area contributed by atoms with Crippen LogP contribution in [0.3, 0.4) is 0 Å². The number of thioether (sulfide) groups is 1. The van der Waals surface area contributed by atoms with Crippen LogP contribution in [0, 0.1) is 5.92 Å². The zero-order valence-electron chi connectivity index (χ0n) is 17.4. The Morgan fingerprint density at radius 2 is 1.81 bits per heavy atom. The Morgan fingerprint density at radius 1 is 1.06 bits per heavy atom. The lowest BCUT2D eigenvalue weighted by molar-refractivity contribution is -0.118. The maximum Gasteiger partial charge on any atom is 0.244 e. The number of sulfonamides is 1. The van der Waals surface area contributed by atoms with Crippen LogP contribution in [0.5, 0.6) is 0 Å². The lowest BCUT2D eigenvalue weighted by Crippen LogP contribution is -2.48. The van der Waals surface area contributed by atoms with E-state index in [2.05, 4.69) is 27.3 Å². The number of hydrogen-bond donors (Lipinski definition) is 1. The molecule has 31 heavy (non-hydrogen) atoms. The van der Waals surface area contributed by atoms with Gasteiger partial charge in [0.05, 0.1) is 10.8 Å². The first-order chi connectivity index (χ1) is 15.0. The van der Waals surface area contributed by atoms with Gasteiger partial charge in [-0.15, -0.1) is 0 Å². The molecule has 2 heterocycles. The van der Waals surface area contributed by atoms with Crippen molar-refractivity contribution in [2.45, 2.75) is 29.3 Å². The molecule has 1 amide bonds. The van der Waals surface area contributed by atoms with E-state index in [1.807, 2.05) is 18.2 Å². The average Bonchev–Trinajstić information content (AvgIpc) is 3.62. The number of aromatic nitrogens is 1. The number of rotatable bonds is 9. The van der Waals surface area contributed by atoms with Crippen LogP contribution in [-0.2, 0) is 21.4 Å². The van der Waals surface area contributed by atoms with Crippen LogP contribution in [0.15, 0.2) is 58.6 Å². The van der Waals surface area contributed by atoms with Crippen molar-refractivity contribution in [3.05, 3.63) is 54.2 Å². The van der Waals surface area contributed by atoms with Crippen molar-refractivity contribution in [1.29, 1.82) is 0 Å². The summed E-state index contributed by atoms with van der Waals surface area (Å²) < 4.78 is 27.5. The highest BCUT2D eigenvalue weighted by Gasteiger charge is 2.28. The van der Waals surface area contributed by atoms with Gasteiger partial charge in [-0.05, 0) is 36.5 Å². The first kappa shape index (κ1) is 22.3. The van der Waals surface area contributed by atoms with Gasteiger partial charge in [0.2, 0.25) is 15.9 Å². The predicted octanol–water partition coefficient (Wildman–Crippen LogP) is 2.21. The Balaban J connectivity index is 1.26. The molecule has 0 spiro atoms. The van der Waals surface area contributed by atoms with E-state index in [0.717, 1.165) is 13.1 Å². The zero-order valence-corrected chi connectivity index (χ0v) is 19.1. The number of pyridine rings is 1. The minimum absolute atomic E-state index is 0.0104. The Kier molecular flexibility index (Phi) is 7.27. The lowest BCUT2D eigenvalue weighted by atomic mass is 10.2. The number of nitrogens with zero attached hydrogens (tertiary/aromatic N) is 3. The van der Waals surface area contributed by atoms with Gasteiger partial charge in [0.1, 0.15) is 4.90 Å². The molecule has 2 aromatic rings. The molecule has 9 heteroatoms. The fourth-order valence-electron chi connectivity index (χ4n) is 3.49. The minimum Gasteiger partial charge on any atom is -0.355 e. The quantitative estimate of drug-likeness (QED) is 0.578. The third kappa shape index (κ3) is 6.29. The maximum absolute atomic E-state index is 13.0. The molecule has 1 saturated heterocycles. The summed E-state index contributed by atoms with van der Waals surface area (Å²) in [5.74, 6) is 0.926. The monoisotopic (exact) mass is 460 g/mol. The van der Waals surface area contributed by atoms with Crippen LogP contribution in [0.4, 0.5) is 0 Å². The van der Waals surface area contributed by atoms with E-state index in [0.29, 0.717) is 37.1 Å². The second kappa shape index (κ2) is 10.1. The first-order valence-corrected chi connectivity index (χ1v) is 13.1. The fraction of sp³-hybridized carbons (Fsp3) is 0.455. The first-order valence-electron chi connectivity index (χ1n) is 10.6.